The number of carbonyl (C=O) groups excluding carboxylic acids is 1. The number of aryl methyl sites for hydroxylation is 1. The number of oxazole rings is 1. The Hall–Kier alpha value is -3.35. The van der Waals surface area contributed by atoms with Gasteiger partial charge in [-0.15, -0.1) is 0 Å². The van der Waals surface area contributed by atoms with E-state index in [1.807, 2.05) is 6.07 Å². The van der Waals surface area contributed by atoms with Crippen LogP contribution in [-0.2, 0) is 24.2 Å². The molecule has 1 aromatic carbocycles. The van der Waals surface area contributed by atoms with Gasteiger partial charge in [-0.1, -0.05) is 6.07 Å². The molecule has 4 rings (SSSR count). The summed E-state index contributed by atoms with van der Waals surface area (Å²) in [4.78, 5) is 30.0. The van der Waals surface area contributed by atoms with Crippen LogP contribution in [-0.4, -0.2) is 33.4 Å². The molecular weight excluding hydrogens is 348 g/mol. The Labute approximate surface area is 155 Å². The molecule has 1 amide bonds. The van der Waals surface area contributed by atoms with E-state index in [2.05, 4.69) is 4.98 Å². The van der Waals surface area contributed by atoms with Gasteiger partial charge in [-0.2, -0.15) is 0 Å². The van der Waals surface area contributed by atoms with Crippen molar-refractivity contribution in [3.8, 4) is 11.7 Å². The quantitative estimate of drug-likeness (QED) is 0.762. The number of aromatic nitrogens is 1. The molecule has 3 heterocycles. The normalized spacial score (nSPS) is 13.4. The molecule has 0 aliphatic carbocycles. The lowest BCUT2D eigenvalue weighted by Crippen LogP contribution is -2.37. The molecule has 3 aromatic rings. The summed E-state index contributed by atoms with van der Waals surface area (Å²) in [6, 6.07) is 8.58. The first-order valence-corrected chi connectivity index (χ1v) is 8.64. The van der Waals surface area contributed by atoms with Crippen LogP contribution in [0.4, 0.5) is 0 Å². The van der Waals surface area contributed by atoms with Gasteiger partial charge in [-0.3, -0.25) is 4.79 Å². The van der Waals surface area contributed by atoms with E-state index in [1.54, 1.807) is 36.1 Å². The van der Waals surface area contributed by atoms with Gasteiger partial charge >= 0.3 is 5.97 Å². The number of amides is 1. The number of carbonyl (C=O) groups is 2. The third kappa shape index (κ3) is 3.36. The molecule has 0 saturated heterocycles. The highest BCUT2D eigenvalue weighted by molar-refractivity contribution is 5.88. The van der Waals surface area contributed by atoms with Crippen LogP contribution in [0.3, 0.4) is 0 Å². The number of aromatic carboxylic acids is 1. The van der Waals surface area contributed by atoms with Crippen molar-refractivity contribution in [3.05, 3.63) is 64.7 Å². The van der Waals surface area contributed by atoms with Gasteiger partial charge < -0.3 is 18.8 Å². The van der Waals surface area contributed by atoms with Gasteiger partial charge in [0.2, 0.25) is 5.91 Å². The lowest BCUT2D eigenvalue weighted by Gasteiger charge is -2.29. The molecule has 0 spiro atoms. The zero-order chi connectivity index (χ0) is 19.0. The molecule has 0 fully saturated rings. The molecular formula is C20H18N2O5. The second-order valence-corrected chi connectivity index (χ2v) is 6.53. The summed E-state index contributed by atoms with van der Waals surface area (Å²) in [5, 5.41) is 9.16. The minimum Gasteiger partial charge on any atom is -0.478 e. The van der Waals surface area contributed by atoms with Crippen LogP contribution in [0.5, 0.6) is 0 Å². The molecule has 1 N–H and O–H groups in total. The highest BCUT2D eigenvalue weighted by atomic mass is 16.4. The number of benzene rings is 1. The molecule has 7 heteroatoms. The summed E-state index contributed by atoms with van der Waals surface area (Å²) in [5.74, 6) is 0.425. The van der Waals surface area contributed by atoms with Crippen LogP contribution in [0.1, 0.15) is 32.9 Å². The van der Waals surface area contributed by atoms with Crippen LogP contribution in [0.2, 0.25) is 0 Å². The predicted octanol–water partition coefficient (Wildman–Crippen LogP) is 3.07. The van der Waals surface area contributed by atoms with Gasteiger partial charge in [0.1, 0.15) is 5.76 Å². The van der Waals surface area contributed by atoms with E-state index < -0.39 is 5.97 Å². The van der Waals surface area contributed by atoms with Crippen molar-refractivity contribution in [1.29, 1.82) is 0 Å². The summed E-state index contributed by atoms with van der Waals surface area (Å²) >= 11 is 0. The summed E-state index contributed by atoms with van der Waals surface area (Å²) in [6.07, 6.45) is 2.37. The second-order valence-electron chi connectivity index (χ2n) is 6.53. The lowest BCUT2D eigenvalue weighted by molar-refractivity contribution is -0.131. The number of nitrogens with zero attached hydrogens (tertiary/aromatic N) is 2. The molecule has 138 valence electrons. The fourth-order valence-electron chi connectivity index (χ4n) is 3.26. The van der Waals surface area contributed by atoms with Gasteiger partial charge in [0.15, 0.2) is 5.76 Å². The lowest BCUT2D eigenvalue weighted by atomic mass is 9.97. The van der Waals surface area contributed by atoms with Crippen molar-refractivity contribution in [2.45, 2.75) is 26.3 Å². The maximum Gasteiger partial charge on any atom is 0.335 e. The van der Waals surface area contributed by atoms with Gasteiger partial charge in [0, 0.05) is 13.1 Å². The fraction of sp³-hybridized carbons (Fsp3) is 0.250. The Kier molecular flexibility index (Phi) is 4.27. The SMILES string of the molecule is Cc1oc(-c2ccco2)nc1CC(=O)N1CCc2ccc(C(=O)O)cc2C1. The highest BCUT2D eigenvalue weighted by Gasteiger charge is 2.24. The van der Waals surface area contributed by atoms with Crippen molar-refractivity contribution in [1.82, 2.24) is 9.88 Å². The van der Waals surface area contributed by atoms with E-state index in [4.69, 9.17) is 13.9 Å². The maximum absolute atomic E-state index is 12.7. The van der Waals surface area contributed by atoms with E-state index in [1.165, 1.54) is 6.26 Å². The number of furan rings is 1. The van der Waals surface area contributed by atoms with Crippen LogP contribution in [0.15, 0.2) is 45.4 Å². The first-order valence-electron chi connectivity index (χ1n) is 8.64. The number of rotatable bonds is 4. The van der Waals surface area contributed by atoms with Crippen molar-refractivity contribution in [3.63, 3.8) is 0 Å². The molecule has 0 unspecified atom stereocenters. The summed E-state index contributed by atoms with van der Waals surface area (Å²) < 4.78 is 10.9. The Morgan fingerprint density at radius 1 is 1.26 bits per heavy atom. The molecule has 1 aliphatic rings. The third-order valence-electron chi connectivity index (χ3n) is 4.76. The minimum absolute atomic E-state index is 0.0660. The van der Waals surface area contributed by atoms with Crippen LogP contribution < -0.4 is 0 Å². The number of carboxylic acid groups (broad SMARTS) is 1. The smallest absolute Gasteiger partial charge is 0.335 e. The Balaban J connectivity index is 1.50. The van der Waals surface area contributed by atoms with E-state index in [9.17, 15) is 9.59 Å². The summed E-state index contributed by atoms with van der Waals surface area (Å²) in [6.45, 7) is 2.77. The number of carboxylic acids is 1. The first-order chi connectivity index (χ1) is 13.0. The van der Waals surface area contributed by atoms with E-state index in [-0.39, 0.29) is 17.9 Å². The zero-order valence-electron chi connectivity index (χ0n) is 14.8. The Morgan fingerprint density at radius 2 is 2.11 bits per heavy atom. The van der Waals surface area contributed by atoms with E-state index >= 15 is 0 Å². The molecule has 0 radical (unpaired) electrons. The van der Waals surface area contributed by atoms with Gasteiger partial charge in [-0.05, 0) is 48.7 Å². The standard InChI is InChI=1S/C20H18N2O5/c1-12-16(21-19(27-12)17-3-2-8-26-17)10-18(23)22-7-6-13-4-5-14(20(24)25)9-15(13)11-22/h2-5,8-9H,6-7,10-11H2,1H3,(H,24,25). The van der Waals surface area contributed by atoms with Crippen molar-refractivity contribution < 1.29 is 23.5 Å². The molecule has 0 atom stereocenters. The van der Waals surface area contributed by atoms with Crippen LogP contribution >= 0.6 is 0 Å². The van der Waals surface area contributed by atoms with Crippen molar-refractivity contribution in [2.24, 2.45) is 0 Å². The molecule has 0 saturated carbocycles. The van der Waals surface area contributed by atoms with Gasteiger partial charge in [-0.25, -0.2) is 9.78 Å². The average Bonchev–Trinajstić information content (AvgIpc) is 3.31. The topological polar surface area (TPSA) is 96.8 Å². The Bertz CT molecular complexity index is 1000. The number of hydrogen-bond acceptors (Lipinski definition) is 5. The molecule has 27 heavy (non-hydrogen) atoms. The zero-order valence-corrected chi connectivity index (χ0v) is 14.8. The monoisotopic (exact) mass is 366 g/mol. The number of hydrogen-bond donors (Lipinski definition) is 1. The third-order valence-corrected chi connectivity index (χ3v) is 4.76. The van der Waals surface area contributed by atoms with Gasteiger partial charge in [0.25, 0.3) is 5.89 Å². The molecule has 2 aromatic heterocycles. The van der Waals surface area contributed by atoms with Crippen LogP contribution in [0, 0.1) is 6.92 Å². The number of fused-ring (bicyclic) bond motifs is 1. The average molecular weight is 366 g/mol. The van der Waals surface area contributed by atoms with E-state index in [0.717, 1.165) is 11.1 Å². The fourth-order valence-corrected chi connectivity index (χ4v) is 3.26. The van der Waals surface area contributed by atoms with Crippen molar-refractivity contribution >= 4 is 11.9 Å². The van der Waals surface area contributed by atoms with Crippen LogP contribution in [0.25, 0.3) is 11.7 Å². The van der Waals surface area contributed by atoms with Crippen molar-refractivity contribution in [2.75, 3.05) is 6.54 Å². The largest absolute Gasteiger partial charge is 0.478 e. The highest BCUT2D eigenvalue weighted by Crippen LogP contribution is 2.24. The summed E-state index contributed by atoms with van der Waals surface area (Å²) in [5.41, 5.74) is 2.78. The first kappa shape index (κ1) is 17.1. The maximum atomic E-state index is 12.7. The molecule has 0 bridgehead atoms. The molecule has 1 aliphatic heterocycles. The Morgan fingerprint density at radius 3 is 2.85 bits per heavy atom. The second kappa shape index (κ2) is 6.75. The van der Waals surface area contributed by atoms with E-state index in [0.29, 0.717) is 42.6 Å². The van der Waals surface area contributed by atoms with Gasteiger partial charge in [0.05, 0.1) is 23.9 Å². The minimum atomic E-state index is -0.968. The molecule has 7 nitrogen and oxygen atoms in total. The summed E-state index contributed by atoms with van der Waals surface area (Å²) in [7, 11) is 0. The predicted molar refractivity (Wildman–Crippen MR) is 95.2 cm³/mol.